The van der Waals surface area contributed by atoms with E-state index in [-0.39, 0.29) is 0 Å². The highest BCUT2D eigenvalue weighted by atomic mass is 35.5. The molecule has 136 valence electrons. The van der Waals surface area contributed by atoms with E-state index in [4.69, 9.17) is 16.3 Å². The summed E-state index contributed by atoms with van der Waals surface area (Å²) in [6.07, 6.45) is 0.891. The van der Waals surface area contributed by atoms with Crippen molar-refractivity contribution in [3.8, 4) is 0 Å². The molecule has 0 aliphatic rings. The Hall–Kier alpha value is -1.82. The fourth-order valence-electron chi connectivity index (χ4n) is 3.01. The third-order valence-electron chi connectivity index (χ3n) is 4.38. The first kappa shape index (κ1) is 19.5. The van der Waals surface area contributed by atoms with Gasteiger partial charge in [-0.05, 0) is 44.5 Å². The molecular formula is C19H25ClN2O3. The third-order valence-corrected chi connectivity index (χ3v) is 4.63. The Morgan fingerprint density at radius 1 is 1.24 bits per heavy atom. The standard InChI is InChI=1S/C19H25ClN2O3/c1-13-17(11-21-9-4-10-25-3)18(19(23)24)14(2)22(13)12-15-5-7-16(20)8-6-15/h5-8,21H,4,9-12H2,1-3H3,(H,23,24). The van der Waals surface area contributed by atoms with Crippen LogP contribution >= 0.6 is 11.6 Å². The van der Waals surface area contributed by atoms with Crippen molar-refractivity contribution in [1.29, 1.82) is 0 Å². The average molecular weight is 365 g/mol. The van der Waals surface area contributed by atoms with Crippen LogP contribution in [0.5, 0.6) is 0 Å². The van der Waals surface area contributed by atoms with Crippen LogP contribution in [0.3, 0.4) is 0 Å². The summed E-state index contributed by atoms with van der Waals surface area (Å²) in [5.74, 6) is -0.885. The first-order valence-corrected chi connectivity index (χ1v) is 8.69. The van der Waals surface area contributed by atoms with E-state index < -0.39 is 5.97 Å². The maximum Gasteiger partial charge on any atom is 0.337 e. The Labute approximate surface area is 153 Å². The lowest BCUT2D eigenvalue weighted by Gasteiger charge is -2.10. The van der Waals surface area contributed by atoms with Crippen molar-refractivity contribution in [2.24, 2.45) is 0 Å². The van der Waals surface area contributed by atoms with E-state index in [2.05, 4.69) is 9.88 Å². The molecule has 0 radical (unpaired) electrons. The van der Waals surface area contributed by atoms with Crippen LogP contribution in [0.4, 0.5) is 0 Å². The van der Waals surface area contributed by atoms with Gasteiger partial charge in [0.1, 0.15) is 0 Å². The molecule has 0 spiro atoms. The molecule has 25 heavy (non-hydrogen) atoms. The second-order valence-corrected chi connectivity index (χ2v) is 6.50. The minimum Gasteiger partial charge on any atom is -0.478 e. The van der Waals surface area contributed by atoms with Crippen molar-refractivity contribution < 1.29 is 14.6 Å². The summed E-state index contributed by atoms with van der Waals surface area (Å²) in [5.41, 5.74) is 4.07. The molecule has 1 aromatic carbocycles. The van der Waals surface area contributed by atoms with Crippen LogP contribution in [0.25, 0.3) is 0 Å². The van der Waals surface area contributed by atoms with E-state index >= 15 is 0 Å². The Balaban J connectivity index is 2.23. The molecule has 0 unspecified atom stereocenters. The average Bonchev–Trinajstić information content (AvgIpc) is 2.81. The number of hydrogen-bond donors (Lipinski definition) is 2. The van der Waals surface area contributed by atoms with Crippen molar-refractivity contribution in [2.45, 2.75) is 33.4 Å². The number of halogens is 1. The lowest BCUT2D eigenvalue weighted by molar-refractivity contribution is 0.0694. The van der Waals surface area contributed by atoms with E-state index in [0.29, 0.717) is 30.3 Å². The zero-order chi connectivity index (χ0) is 18.4. The van der Waals surface area contributed by atoms with Crippen LogP contribution in [0, 0.1) is 13.8 Å². The molecule has 1 heterocycles. The van der Waals surface area contributed by atoms with E-state index in [0.717, 1.165) is 35.5 Å². The summed E-state index contributed by atoms with van der Waals surface area (Å²) in [6.45, 7) is 6.47. The molecule has 0 aliphatic carbocycles. The molecule has 2 rings (SSSR count). The maximum absolute atomic E-state index is 11.8. The number of carboxylic acid groups (broad SMARTS) is 1. The van der Waals surface area contributed by atoms with E-state index in [1.54, 1.807) is 7.11 Å². The van der Waals surface area contributed by atoms with E-state index in [1.165, 1.54) is 0 Å². The summed E-state index contributed by atoms with van der Waals surface area (Å²) in [4.78, 5) is 11.8. The van der Waals surface area contributed by atoms with Crippen molar-refractivity contribution >= 4 is 17.6 Å². The fraction of sp³-hybridized carbons (Fsp3) is 0.421. The number of aromatic nitrogens is 1. The minimum absolute atomic E-state index is 0.394. The molecule has 0 bridgehead atoms. The van der Waals surface area contributed by atoms with Crippen LogP contribution in [-0.4, -0.2) is 35.9 Å². The lowest BCUT2D eigenvalue weighted by atomic mass is 10.1. The van der Waals surface area contributed by atoms with Crippen LogP contribution in [-0.2, 0) is 17.8 Å². The quantitative estimate of drug-likeness (QED) is 0.667. The molecule has 2 aromatic rings. The predicted octanol–water partition coefficient (Wildman–Crippen LogP) is 3.63. The van der Waals surface area contributed by atoms with Crippen LogP contribution in [0.15, 0.2) is 24.3 Å². The van der Waals surface area contributed by atoms with Crippen LogP contribution in [0.2, 0.25) is 5.02 Å². The molecule has 0 amide bonds. The first-order valence-electron chi connectivity index (χ1n) is 8.31. The third kappa shape index (κ3) is 4.84. The summed E-state index contributed by atoms with van der Waals surface area (Å²) < 4.78 is 7.08. The highest BCUT2D eigenvalue weighted by Crippen LogP contribution is 2.24. The lowest BCUT2D eigenvalue weighted by Crippen LogP contribution is -2.18. The SMILES string of the molecule is COCCCNCc1c(C(=O)O)c(C)n(Cc2ccc(Cl)cc2)c1C. The molecule has 0 saturated heterocycles. The van der Waals surface area contributed by atoms with Gasteiger partial charge in [-0.25, -0.2) is 4.79 Å². The van der Waals surface area contributed by atoms with Gasteiger partial charge in [0.25, 0.3) is 0 Å². The van der Waals surface area contributed by atoms with Gasteiger partial charge in [-0.2, -0.15) is 0 Å². The fourth-order valence-corrected chi connectivity index (χ4v) is 3.14. The number of rotatable bonds is 9. The molecule has 2 N–H and O–H groups in total. The molecule has 0 atom stereocenters. The largest absolute Gasteiger partial charge is 0.478 e. The van der Waals surface area contributed by atoms with E-state index in [9.17, 15) is 9.90 Å². The van der Waals surface area contributed by atoms with Gasteiger partial charge in [0, 0.05) is 48.8 Å². The van der Waals surface area contributed by atoms with Gasteiger partial charge in [0.2, 0.25) is 0 Å². The topological polar surface area (TPSA) is 63.5 Å². The highest BCUT2D eigenvalue weighted by molar-refractivity contribution is 6.30. The smallest absolute Gasteiger partial charge is 0.337 e. The van der Waals surface area contributed by atoms with Gasteiger partial charge in [0.05, 0.1) is 5.56 Å². The van der Waals surface area contributed by atoms with Crippen molar-refractivity contribution in [2.75, 3.05) is 20.3 Å². The monoisotopic (exact) mass is 364 g/mol. The Kier molecular flexibility index (Phi) is 7.05. The van der Waals surface area contributed by atoms with Crippen LogP contribution < -0.4 is 5.32 Å². The molecule has 5 nitrogen and oxygen atoms in total. The highest BCUT2D eigenvalue weighted by Gasteiger charge is 2.22. The molecule has 0 saturated carbocycles. The van der Waals surface area contributed by atoms with Gasteiger partial charge >= 0.3 is 5.97 Å². The van der Waals surface area contributed by atoms with Gasteiger partial charge in [-0.1, -0.05) is 23.7 Å². The summed E-state index contributed by atoms with van der Waals surface area (Å²) in [6, 6.07) is 7.62. The normalized spacial score (nSPS) is 11.0. The summed E-state index contributed by atoms with van der Waals surface area (Å²) in [7, 11) is 1.67. The number of aromatic carboxylic acids is 1. The second-order valence-electron chi connectivity index (χ2n) is 6.07. The van der Waals surface area contributed by atoms with Crippen molar-refractivity contribution in [3.05, 3.63) is 57.4 Å². The number of methoxy groups -OCH3 is 1. The number of carboxylic acids is 1. The minimum atomic E-state index is -0.885. The van der Waals surface area contributed by atoms with Gasteiger partial charge < -0.3 is 19.7 Å². The summed E-state index contributed by atoms with van der Waals surface area (Å²) >= 11 is 5.94. The number of benzene rings is 1. The summed E-state index contributed by atoms with van der Waals surface area (Å²) in [5, 5.41) is 13.7. The first-order chi connectivity index (χ1) is 12.0. The van der Waals surface area contributed by atoms with Gasteiger partial charge in [-0.3, -0.25) is 0 Å². The zero-order valence-corrected chi connectivity index (χ0v) is 15.7. The van der Waals surface area contributed by atoms with Crippen molar-refractivity contribution in [1.82, 2.24) is 9.88 Å². The number of nitrogens with one attached hydrogen (secondary N) is 1. The van der Waals surface area contributed by atoms with Crippen LogP contribution in [0.1, 0.15) is 39.3 Å². The Morgan fingerprint density at radius 3 is 2.52 bits per heavy atom. The molecule has 6 heteroatoms. The number of hydrogen-bond acceptors (Lipinski definition) is 3. The number of carbonyl (C=O) groups is 1. The molecule has 0 aliphatic heterocycles. The predicted molar refractivity (Wildman–Crippen MR) is 99.6 cm³/mol. The number of ether oxygens (including phenoxy) is 1. The molecular weight excluding hydrogens is 340 g/mol. The molecule has 0 fully saturated rings. The van der Waals surface area contributed by atoms with E-state index in [1.807, 2.05) is 38.1 Å². The number of nitrogens with zero attached hydrogens (tertiary/aromatic N) is 1. The Morgan fingerprint density at radius 2 is 1.92 bits per heavy atom. The van der Waals surface area contributed by atoms with Gasteiger partial charge in [-0.15, -0.1) is 0 Å². The van der Waals surface area contributed by atoms with Gasteiger partial charge in [0.15, 0.2) is 0 Å². The zero-order valence-electron chi connectivity index (χ0n) is 14.9. The molecule has 1 aromatic heterocycles. The maximum atomic E-state index is 11.8. The van der Waals surface area contributed by atoms with Crippen molar-refractivity contribution in [3.63, 3.8) is 0 Å². The Bertz CT molecular complexity index is 723. The second kappa shape index (κ2) is 9.04.